The summed E-state index contributed by atoms with van der Waals surface area (Å²) in [5, 5.41) is 7.27. The fourth-order valence-electron chi connectivity index (χ4n) is 4.33. The first kappa shape index (κ1) is 28.1. The van der Waals surface area contributed by atoms with Crippen LogP contribution in [0.5, 0.6) is 11.5 Å². The van der Waals surface area contributed by atoms with E-state index in [1.54, 1.807) is 44.4 Å². The van der Waals surface area contributed by atoms with E-state index in [1.807, 2.05) is 48.7 Å². The Balaban J connectivity index is 1.50. The number of likely N-dealkylation sites (N-methyl/N-ethyl adjacent to an activating group) is 1. The standard InChI is InChI=1S/C29H30Cl2N4O4/c1-35(13-12-18-8-11-26(38-2)27(14-18)39-3)28(36)25(15-19-17-32-24-7-5-4-6-21(19)24)34-29(37)33-20-9-10-22(30)23(31)16-20/h4-11,14,16-17,25,32H,12-13,15H2,1-3H3,(H2,33,34,37). The van der Waals surface area contributed by atoms with Gasteiger partial charge in [-0.15, -0.1) is 0 Å². The van der Waals surface area contributed by atoms with E-state index in [1.165, 1.54) is 0 Å². The number of benzene rings is 3. The number of ether oxygens (including phenoxy) is 2. The smallest absolute Gasteiger partial charge is 0.319 e. The first-order valence-corrected chi connectivity index (χ1v) is 13.1. The van der Waals surface area contributed by atoms with Gasteiger partial charge in [0.05, 0.1) is 24.3 Å². The second-order valence-electron chi connectivity index (χ2n) is 9.04. The molecule has 0 aliphatic carbocycles. The van der Waals surface area contributed by atoms with Crippen molar-refractivity contribution in [2.24, 2.45) is 0 Å². The zero-order valence-electron chi connectivity index (χ0n) is 21.9. The molecule has 0 aliphatic rings. The Labute approximate surface area is 237 Å². The highest BCUT2D eigenvalue weighted by molar-refractivity contribution is 6.42. The lowest BCUT2D eigenvalue weighted by Crippen LogP contribution is -2.50. The van der Waals surface area contributed by atoms with E-state index < -0.39 is 12.1 Å². The quantitative estimate of drug-likeness (QED) is 0.221. The molecule has 4 rings (SSSR count). The summed E-state index contributed by atoms with van der Waals surface area (Å²) >= 11 is 12.1. The number of halogens is 2. The number of anilines is 1. The van der Waals surface area contributed by atoms with Gasteiger partial charge in [0, 0.05) is 42.8 Å². The molecule has 0 bridgehead atoms. The largest absolute Gasteiger partial charge is 0.493 e. The first-order chi connectivity index (χ1) is 18.8. The van der Waals surface area contributed by atoms with Crippen LogP contribution in [0.15, 0.2) is 66.9 Å². The van der Waals surface area contributed by atoms with Crippen LogP contribution in [0.3, 0.4) is 0 Å². The summed E-state index contributed by atoms with van der Waals surface area (Å²) in [5.74, 6) is 1.05. The third-order valence-corrected chi connectivity index (χ3v) is 7.18. The molecule has 1 heterocycles. The Morgan fingerprint density at radius 2 is 1.74 bits per heavy atom. The molecule has 1 aromatic heterocycles. The molecule has 8 nitrogen and oxygen atoms in total. The number of nitrogens with one attached hydrogen (secondary N) is 3. The number of amides is 3. The fourth-order valence-corrected chi connectivity index (χ4v) is 4.63. The lowest BCUT2D eigenvalue weighted by molar-refractivity contribution is -0.131. The molecule has 4 aromatic rings. The molecule has 1 unspecified atom stereocenters. The summed E-state index contributed by atoms with van der Waals surface area (Å²) in [4.78, 5) is 31.4. The summed E-state index contributed by atoms with van der Waals surface area (Å²) < 4.78 is 10.7. The molecule has 3 amide bonds. The third kappa shape index (κ3) is 6.96. The summed E-state index contributed by atoms with van der Waals surface area (Å²) in [6, 6.07) is 16.9. The highest BCUT2D eigenvalue weighted by Crippen LogP contribution is 2.28. The maximum atomic E-state index is 13.6. The Morgan fingerprint density at radius 3 is 2.49 bits per heavy atom. The molecular weight excluding hydrogens is 539 g/mol. The van der Waals surface area contributed by atoms with Crippen LogP contribution in [0, 0.1) is 0 Å². The average Bonchev–Trinajstić information content (AvgIpc) is 3.35. The summed E-state index contributed by atoms with van der Waals surface area (Å²) in [6.45, 7) is 0.439. The van der Waals surface area contributed by atoms with Gasteiger partial charge in [0.1, 0.15) is 6.04 Å². The molecule has 204 valence electrons. The number of urea groups is 1. The summed E-state index contributed by atoms with van der Waals surface area (Å²) in [6.07, 6.45) is 2.77. The van der Waals surface area contributed by atoms with Gasteiger partial charge in [-0.3, -0.25) is 4.79 Å². The monoisotopic (exact) mass is 568 g/mol. The number of hydrogen-bond donors (Lipinski definition) is 3. The number of carbonyl (C=O) groups excluding carboxylic acids is 2. The highest BCUT2D eigenvalue weighted by atomic mass is 35.5. The Kier molecular flexibility index (Phi) is 9.22. The lowest BCUT2D eigenvalue weighted by atomic mass is 10.0. The third-order valence-electron chi connectivity index (χ3n) is 6.44. The van der Waals surface area contributed by atoms with Crippen molar-refractivity contribution in [2.75, 3.05) is 33.1 Å². The predicted octanol–water partition coefficient (Wildman–Crippen LogP) is 5.93. The van der Waals surface area contributed by atoms with Crippen LogP contribution in [-0.4, -0.2) is 55.7 Å². The number of hydrogen-bond acceptors (Lipinski definition) is 4. The highest BCUT2D eigenvalue weighted by Gasteiger charge is 2.26. The lowest BCUT2D eigenvalue weighted by Gasteiger charge is -2.25. The van der Waals surface area contributed by atoms with Gasteiger partial charge < -0.3 is 30.0 Å². The van der Waals surface area contributed by atoms with E-state index >= 15 is 0 Å². The van der Waals surface area contributed by atoms with Crippen LogP contribution >= 0.6 is 23.2 Å². The molecule has 3 aromatic carbocycles. The minimum atomic E-state index is -0.817. The topological polar surface area (TPSA) is 95.7 Å². The van der Waals surface area contributed by atoms with Crippen LogP contribution in [0.2, 0.25) is 10.0 Å². The molecular formula is C29H30Cl2N4O4. The number of carbonyl (C=O) groups is 2. The number of aromatic amines is 1. The maximum absolute atomic E-state index is 13.6. The molecule has 10 heteroatoms. The van der Waals surface area contributed by atoms with Gasteiger partial charge in [0.15, 0.2) is 11.5 Å². The average molecular weight is 569 g/mol. The van der Waals surface area contributed by atoms with Gasteiger partial charge in [-0.25, -0.2) is 4.79 Å². The zero-order valence-corrected chi connectivity index (χ0v) is 23.4. The van der Waals surface area contributed by atoms with Crippen LogP contribution in [0.1, 0.15) is 11.1 Å². The van der Waals surface area contributed by atoms with Crippen LogP contribution in [0.4, 0.5) is 10.5 Å². The molecule has 0 saturated carbocycles. The minimum absolute atomic E-state index is 0.218. The van der Waals surface area contributed by atoms with Gasteiger partial charge in [-0.1, -0.05) is 47.5 Å². The normalized spacial score (nSPS) is 11.6. The minimum Gasteiger partial charge on any atom is -0.493 e. The van der Waals surface area contributed by atoms with Crippen molar-refractivity contribution >= 4 is 51.7 Å². The predicted molar refractivity (Wildman–Crippen MR) is 155 cm³/mol. The molecule has 0 aliphatic heterocycles. The Hall–Kier alpha value is -3.88. The van der Waals surface area contributed by atoms with Crippen molar-refractivity contribution in [2.45, 2.75) is 18.9 Å². The van der Waals surface area contributed by atoms with E-state index in [-0.39, 0.29) is 5.91 Å². The number of nitrogens with zero attached hydrogens (tertiary/aromatic N) is 1. The van der Waals surface area contributed by atoms with Gasteiger partial charge in [0.2, 0.25) is 5.91 Å². The number of rotatable bonds is 10. The van der Waals surface area contributed by atoms with Gasteiger partial charge in [0.25, 0.3) is 0 Å². The molecule has 39 heavy (non-hydrogen) atoms. The van der Waals surface area contributed by atoms with Gasteiger partial charge >= 0.3 is 6.03 Å². The van der Waals surface area contributed by atoms with Crippen molar-refractivity contribution in [1.82, 2.24) is 15.2 Å². The second-order valence-corrected chi connectivity index (χ2v) is 9.86. The Bertz CT molecular complexity index is 1470. The Morgan fingerprint density at radius 1 is 0.974 bits per heavy atom. The van der Waals surface area contributed by atoms with Crippen molar-refractivity contribution in [3.8, 4) is 11.5 Å². The van der Waals surface area contributed by atoms with E-state index in [2.05, 4.69) is 15.6 Å². The first-order valence-electron chi connectivity index (χ1n) is 12.3. The van der Waals surface area contributed by atoms with Crippen LogP contribution < -0.4 is 20.1 Å². The number of H-pyrrole nitrogens is 1. The molecule has 0 saturated heterocycles. The van der Waals surface area contributed by atoms with Crippen LogP contribution in [0.25, 0.3) is 10.9 Å². The number of para-hydroxylation sites is 1. The molecule has 3 N–H and O–H groups in total. The number of fused-ring (bicyclic) bond motifs is 1. The van der Waals surface area contributed by atoms with Crippen molar-refractivity contribution in [3.63, 3.8) is 0 Å². The molecule has 0 fully saturated rings. The molecule has 0 radical (unpaired) electrons. The van der Waals surface area contributed by atoms with Crippen molar-refractivity contribution in [1.29, 1.82) is 0 Å². The second kappa shape index (κ2) is 12.8. The van der Waals surface area contributed by atoms with Crippen LogP contribution in [-0.2, 0) is 17.6 Å². The van der Waals surface area contributed by atoms with Crippen molar-refractivity contribution in [3.05, 3.63) is 88.0 Å². The van der Waals surface area contributed by atoms with E-state index in [4.69, 9.17) is 32.7 Å². The maximum Gasteiger partial charge on any atom is 0.319 e. The van der Waals surface area contributed by atoms with E-state index in [0.29, 0.717) is 46.6 Å². The SMILES string of the molecule is COc1ccc(CCN(C)C(=O)C(Cc2c[nH]c3ccccc23)NC(=O)Nc2ccc(Cl)c(Cl)c2)cc1OC. The van der Waals surface area contributed by atoms with Gasteiger partial charge in [-0.2, -0.15) is 0 Å². The van der Waals surface area contributed by atoms with E-state index in [9.17, 15) is 9.59 Å². The fraction of sp³-hybridized carbons (Fsp3) is 0.241. The molecule has 0 spiro atoms. The molecule has 1 atom stereocenters. The van der Waals surface area contributed by atoms with Crippen molar-refractivity contribution < 1.29 is 19.1 Å². The van der Waals surface area contributed by atoms with Gasteiger partial charge in [-0.05, 0) is 53.9 Å². The number of aromatic nitrogens is 1. The zero-order chi connectivity index (χ0) is 27.9. The summed E-state index contributed by atoms with van der Waals surface area (Å²) in [7, 11) is 4.90. The summed E-state index contributed by atoms with van der Waals surface area (Å²) in [5.41, 5.74) is 3.33. The number of methoxy groups -OCH3 is 2. The van der Waals surface area contributed by atoms with E-state index in [0.717, 1.165) is 22.0 Å².